The van der Waals surface area contributed by atoms with Gasteiger partial charge in [0.05, 0.1) is 10.6 Å². The van der Waals surface area contributed by atoms with E-state index in [0.717, 1.165) is 12.1 Å². The lowest BCUT2D eigenvalue weighted by atomic mass is 10.1. The van der Waals surface area contributed by atoms with Crippen LogP contribution in [0.3, 0.4) is 0 Å². The van der Waals surface area contributed by atoms with Crippen LogP contribution in [0.4, 0.5) is 17.3 Å². The third-order valence-electron chi connectivity index (χ3n) is 4.43. The quantitative estimate of drug-likeness (QED) is 0.497. The highest BCUT2D eigenvalue weighted by atomic mass is 32.2. The number of hydrogen-bond donors (Lipinski definition) is 3. The molecule has 3 rings (SSSR count). The number of anilines is 3. The Morgan fingerprint density at radius 1 is 1.00 bits per heavy atom. The first-order valence-corrected chi connectivity index (χ1v) is 10.9. The second-order valence-electron chi connectivity index (χ2n) is 6.48. The molecule has 29 heavy (non-hydrogen) atoms. The van der Waals surface area contributed by atoms with Gasteiger partial charge < -0.3 is 15.2 Å². The van der Waals surface area contributed by atoms with Crippen LogP contribution in [-0.4, -0.2) is 18.7 Å². The molecule has 9 heteroatoms. The van der Waals surface area contributed by atoms with Gasteiger partial charge in [-0.2, -0.15) is 0 Å². The molecule has 3 N–H and O–H groups in total. The minimum Gasteiger partial charge on any atom is -0.337 e. The lowest BCUT2D eigenvalue weighted by Gasteiger charge is -2.12. The number of hydrogen-bond acceptors (Lipinski definition) is 5. The van der Waals surface area contributed by atoms with E-state index < -0.39 is 10.0 Å². The fourth-order valence-electron chi connectivity index (χ4n) is 2.53. The number of rotatable bonds is 6. The van der Waals surface area contributed by atoms with Gasteiger partial charge in [0, 0.05) is 16.9 Å². The van der Waals surface area contributed by atoms with E-state index in [1.807, 2.05) is 24.3 Å². The van der Waals surface area contributed by atoms with Gasteiger partial charge in [0.15, 0.2) is 5.11 Å². The zero-order valence-electron chi connectivity index (χ0n) is 16.3. The number of nitrogens with one attached hydrogen (secondary N) is 3. The van der Waals surface area contributed by atoms with Crippen LogP contribution in [-0.2, 0) is 16.4 Å². The minimum atomic E-state index is -3.78. The van der Waals surface area contributed by atoms with Crippen molar-refractivity contribution < 1.29 is 12.9 Å². The summed E-state index contributed by atoms with van der Waals surface area (Å²) < 4.78 is 32.5. The van der Waals surface area contributed by atoms with E-state index in [1.54, 1.807) is 26.0 Å². The lowest BCUT2D eigenvalue weighted by molar-refractivity contribution is 0.430. The molecule has 1 heterocycles. The molecule has 0 radical (unpaired) electrons. The maximum absolute atomic E-state index is 12.5. The summed E-state index contributed by atoms with van der Waals surface area (Å²) in [4.78, 5) is 0.102. The number of aromatic nitrogens is 1. The summed E-state index contributed by atoms with van der Waals surface area (Å²) in [6.07, 6.45) is 0.975. The van der Waals surface area contributed by atoms with Crippen molar-refractivity contribution in [2.45, 2.75) is 32.1 Å². The van der Waals surface area contributed by atoms with Crippen LogP contribution in [0.1, 0.15) is 23.7 Å². The fourth-order valence-corrected chi connectivity index (χ4v) is 3.81. The fraction of sp³-hybridized carbons (Fsp3) is 0.200. The van der Waals surface area contributed by atoms with Crippen LogP contribution in [0.5, 0.6) is 0 Å². The van der Waals surface area contributed by atoms with Gasteiger partial charge in [-0.3, -0.25) is 0 Å². The molecular weight excluding hydrogens is 408 g/mol. The highest BCUT2D eigenvalue weighted by Crippen LogP contribution is 2.22. The molecule has 1 aromatic heterocycles. The smallest absolute Gasteiger partial charge is 0.264 e. The zero-order valence-corrected chi connectivity index (χ0v) is 17.9. The maximum atomic E-state index is 12.5. The van der Waals surface area contributed by atoms with Gasteiger partial charge in [-0.05, 0) is 74.4 Å². The largest absolute Gasteiger partial charge is 0.337 e. The van der Waals surface area contributed by atoms with E-state index in [0.29, 0.717) is 22.1 Å². The Labute approximate surface area is 175 Å². The molecule has 0 aliphatic heterocycles. The van der Waals surface area contributed by atoms with Gasteiger partial charge >= 0.3 is 0 Å². The van der Waals surface area contributed by atoms with Crippen LogP contribution in [0.15, 0.2) is 57.9 Å². The Bertz CT molecular complexity index is 1110. The Balaban J connectivity index is 1.64. The summed E-state index contributed by atoms with van der Waals surface area (Å²) in [7, 11) is -3.78. The first-order valence-electron chi connectivity index (χ1n) is 9.01. The maximum Gasteiger partial charge on any atom is 0.264 e. The molecule has 0 atom stereocenters. The van der Waals surface area contributed by atoms with Gasteiger partial charge in [-0.25, -0.2) is 13.1 Å². The summed E-state index contributed by atoms with van der Waals surface area (Å²) in [6, 6.07) is 14.2. The summed E-state index contributed by atoms with van der Waals surface area (Å²) in [5, 5.41) is 10.3. The first-order chi connectivity index (χ1) is 13.8. The van der Waals surface area contributed by atoms with E-state index in [2.05, 4.69) is 27.4 Å². The number of aryl methyl sites for hydroxylation is 2. The van der Waals surface area contributed by atoms with E-state index >= 15 is 0 Å². The number of benzene rings is 2. The monoisotopic (exact) mass is 430 g/mol. The predicted molar refractivity (Wildman–Crippen MR) is 119 cm³/mol. The SMILES string of the molecule is CCc1ccc(NC(=S)Nc2ccc(S(=O)(=O)Nc3onc(C)c3C)cc2)cc1. The van der Waals surface area contributed by atoms with E-state index in [1.165, 1.54) is 17.7 Å². The molecule has 0 spiro atoms. The molecule has 2 aromatic carbocycles. The second-order valence-corrected chi connectivity index (χ2v) is 8.57. The van der Waals surface area contributed by atoms with Crippen LogP contribution >= 0.6 is 12.2 Å². The van der Waals surface area contributed by atoms with Gasteiger partial charge in [-0.15, -0.1) is 0 Å². The normalized spacial score (nSPS) is 11.1. The van der Waals surface area contributed by atoms with Crippen LogP contribution < -0.4 is 15.4 Å². The Morgan fingerprint density at radius 3 is 2.03 bits per heavy atom. The van der Waals surface area contributed by atoms with Crippen molar-refractivity contribution in [3.63, 3.8) is 0 Å². The Morgan fingerprint density at radius 2 is 1.55 bits per heavy atom. The zero-order chi connectivity index (χ0) is 21.0. The van der Waals surface area contributed by atoms with E-state index in [9.17, 15) is 8.42 Å². The van der Waals surface area contributed by atoms with Crippen molar-refractivity contribution in [3.8, 4) is 0 Å². The summed E-state index contributed by atoms with van der Waals surface area (Å²) in [6.45, 7) is 5.58. The van der Waals surface area contributed by atoms with Crippen molar-refractivity contribution in [1.82, 2.24) is 5.16 Å². The lowest BCUT2D eigenvalue weighted by Crippen LogP contribution is -2.19. The highest BCUT2D eigenvalue weighted by Gasteiger charge is 2.19. The minimum absolute atomic E-state index is 0.102. The van der Waals surface area contributed by atoms with E-state index in [-0.39, 0.29) is 10.8 Å². The third kappa shape index (κ3) is 5.12. The predicted octanol–water partition coefficient (Wildman–Crippen LogP) is 4.46. The van der Waals surface area contributed by atoms with Gasteiger partial charge in [0.2, 0.25) is 5.88 Å². The van der Waals surface area contributed by atoms with Gasteiger partial charge in [-0.1, -0.05) is 24.2 Å². The Hall–Kier alpha value is -2.91. The van der Waals surface area contributed by atoms with Crippen molar-refractivity contribution in [3.05, 3.63) is 65.4 Å². The third-order valence-corrected chi connectivity index (χ3v) is 5.98. The molecule has 0 aliphatic carbocycles. The molecule has 0 saturated heterocycles. The topological polar surface area (TPSA) is 96.3 Å². The summed E-state index contributed by atoms with van der Waals surface area (Å²) in [5.41, 5.74) is 4.07. The average Bonchev–Trinajstić information content (AvgIpc) is 3.00. The molecule has 0 fully saturated rings. The molecule has 0 unspecified atom stereocenters. The second kappa shape index (κ2) is 8.62. The van der Waals surface area contributed by atoms with Crippen LogP contribution in [0, 0.1) is 13.8 Å². The van der Waals surface area contributed by atoms with Crippen molar-refractivity contribution in [2.75, 3.05) is 15.4 Å². The van der Waals surface area contributed by atoms with Crippen molar-refractivity contribution in [2.24, 2.45) is 0 Å². The molecule has 0 amide bonds. The van der Waals surface area contributed by atoms with Crippen LogP contribution in [0.25, 0.3) is 0 Å². The molecular formula is C20H22N4O3S2. The molecule has 152 valence electrons. The highest BCUT2D eigenvalue weighted by molar-refractivity contribution is 7.92. The van der Waals surface area contributed by atoms with Gasteiger partial charge in [0.25, 0.3) is 10.0 Å². The molecule has 0 saturated carbocycles. The van der Waals surface area contributed by atoms with E-state index in [4.69, 9.17) is 16.7 Å². The number of sulfonamides is 1. The Kier molecular flexibility index (Phi) is 6.19. The van der Waals surface area contributed by atoms with Crippen molar-refractivity contribution >= 4 is 44.6 Å². The summed E-state index contributed by atoms with van der Waals surface area (Å²) in [5.74, 6) is 0.115. The first kappa shape index (κ1) is 20.8. The number of thiocarbonyl (C=S) groups is 1. The molecule has 7 nitrogen and oxygen atoms in total. The van der Waals surface area contributed by atoms with Crippen LogP contribution in [0.2, 0.25) is 0 Å². The molecule has 0 bridgehead atoms. The molecule has 3 aromatic rings. The summed E-state index contributed by atoms with van der Waals surface area (Å²) >= 11 is 5.32. The standard InChI is InChI=1S/C20H22N4O3S2/c1-4-15-5-7-16(8-6-15)21-20(28)22-17-9-11-18(12-10-17)29(25,26)24-19-13(2)14(3)23-27-19/h5-12,24H,4H2,1-3H3,(H2,21,22,28). The van der Waals surface area contributed by atoms with Gasteiger partial charge in [0.1, 0.15) is 0 Å². The molecule has 0 aliphatic rings. The average molecular weight is 431 g/mol. The number of nitrogens with zero attached hydrogens (tertiary/aromatic N) is 1. The van der Waals surface area contributed by atoms with Crippen molar-refractivity contribution in [1.29, 1.82) is 0 Å².